The van der Waals surface area contributed by atoms with Gasteiger partial charge in [-0.3, -0.25) is 0 Å². The molecule has 1 atom stereocenters. The smallest absolute Gasteiger partial charge is 0.0723 e. The zero-order chi connectivity index (χ0) is 34.1. The molecule has 1 aliphatic rings. The van der Waals surface area contributed by atoms with E-state index in [0.717, 1.165) is 6.42 Å². The molecule has 0 radical (unpaired) electrons. The molecule has 8 aromatic carbocycles. The molecule has 0 saturated carbocycles. The number of benzene rings is 8. The van der Waals surface area contributed by atoms with Crippen LogP contribution in [0.5, 0.6) is 0 Å². The van der Waals surface area contributed by atoms with E-state index in [2.05, 4.69) is 163 Å². The topological polar surface area (TPSA) is 4.93 Å². The maximum atomic E-state index is 2.60. The first-order valence-electron chi connectivity index (χ1n) is 18.2. The van der Waals surface area contributed by atoms with E-state index in [1.807, 2.05) is 22.7 Å². The minimum absolute atomic E-state index is 0.486. The van der Waals surface area contributed by atoms with Crippen LogP contribution >= 0.6 is 22.7 Å². The third-order valence-corrected chi connectivity index (χ3v) is 13.9. The van der Waals surface area contributed by atoms with Crippen molar-refractivity contribution in [1.29, 1.82) is 0 Å². The molecule has 0 bridgehead atoms. The molecule has 0 amide bonds. The van der Waals surface area contributed by atoms with Crippen molar-refractivity contribution in [3.63, 3.8) is 0 Å². The molecule has 1 aliphatic carbocycles. The van der Waals surface area contributed by atoms with Gasteiger partial charge in [-0.25, -0.2) is 0 Å². The number of rotatable bonds is 2. The zero-order valence-corrected chi connectivity index (χ0v) is 30.1. The predicted octanol–water partition coefficient (Wildman–Crippen LogP) is 14.7. The number of aromatic nitrogens is 1. The number of thiophene rings is 2. The van der Waals surface area contributed by atoms with Crippen LogP contribution in [-0.4, -0.2) is 4.57 Å². The van der Waals surface area contributed by atoms with Crippen LogP contribution in [-0.2, 0) is 6.42 Å². The molecular formula is C49H31NS2. The average molecular weight is 698 g/mol. The Morgan fingerprint density at radius 2 is 1.08 bits per heavy atom. The Labute approximate surface area is 308 Å². The van der Waals surface area contributed by atoms with Crippen molar-refractivity contribution in [2.75, 3.05) is 0 Å². The van der Waals surface area contributed by atoms with Crippen molar-refractivity contribution < 1.29 is 0 Å². The molecule has 0 fully saturated rings. The summed E-state index contributed by atoms with van der Waals surface area (Å²) in [6.45, 7) is 2.36. The molecule has 3 heteroatoms. The molecule has 52 heavy (non-hydrogen) atoms. The summed E-state index contributed by atoms with van der Waals surface area (Å²) in [5, 5.41) is 14.8. The van der Waals surface area contributed by atoms with Crippen molar-refractivity contribution in [3.8, 4) is 16.8 Å². The monoisotopic (exact) mass is 697 g/mol. The van der Waals surface area contributed by atoms with E-state index < -0.39 is 0 Å². The number of hydrogen-bond acceptors (Lipinski definition) is 2. The van der Waals surface area contributed by atoms with Gasteiger partial charge < -0.3 is 4.57 Å². The fraction of sp³-hybridized carbons (Fsp3) is 0.0612. The summed E-state index contributed by atoms with van der Waals surface area (Å²) in [5.41, 5.74) is 7.83. The highest BCUT2D eigenvalue weighted by Crippen LogP contribution is 2.52. The second-order valence-electron chi connectivity index (χ2n) is 14.5. The summed E-state index contributed by atoms with van der Waals surface area (Å²) >= 11 is 3.92. The Kier molecular flexibility index (Phi) is 5.92. The van der Waals surface area contributed by atoms with Crippen molar-refractivity contribution in [2.24, 2.45) is 5.92 Å². The summed E-state index contributed by atoms with van der Waals surface area (Å²) in [6, 6.07) is 52.1. The Morgan fingerprint density at radius 1 is 0.500 bits per heavy atom. The van der Waals surface area contributed by atoms with Gasteiger partial charge >= 0.3 is 0 Å². The maximum absolute atomic E-state index is 2.60. The van der Waals surface area contributed by atoms with Crippen molar-refractivity contribution in [2.45, 2.75) is 13.3 Å². The summed E-state index contributed by atoms with van der Waals surface area (Å²) in [4.78, 5) is 0. The van der Waals surface area contributed by atoms with Crippen molar-refractivity contribution in [3.05, 3.63) is 157 Å². The van der Waals surface area contributed by atoms with Gasteiger partial charge in [-0.05, 0) is 97.8 Å². The Hall–Kier alpha value is -5.74. The Morgan fingerprint density at radius 3 is 1.79 bits per heavy atom. The van der Waals surface area contributed by atoms with Gasteiger partial charge in [0.15, 0.2) is 0 Å². The molecule has 0 saturated heterocycles. The molecule has 1 unspecified atom stereocenters. The van der Waals surface area contributed by atoms with E-state index in [1.54, 1.807) is 0 Å². The van der Waals surface area contributed by atoms with Crippen LogP contribution in [0.25, 0.3) is 106 Å². The molecule has 1 nitrogen and oxygen atoms in total. The highest BCUT2D eigenvalue weighted by atomic mass is 32.1. The molecule has 0 spiro atoms. The van der Waals surface area contributed by atoms with Gasteiger partial charge in [-0.2, -0.15) is 0 Å². The third kappa shape index (κ3) is 3.87. The van der Waals surface area contributed by atoms with E-state index in [4.69, 9.17) is 0 Å². The lowest BCUT2D eigenvalue weighted by atomic mass is 9.91. The second-order valence-corrected chi connectivity index (χ2v) is 16.6. The van der Waals surface area contributed by atoms with E-state index >= 15 is 0 Å². The van der Waals surface area contributed by atoms with Crippen LogP contribution in [0.2, 0.25) is 0 Å². The molecule has 244 valence electrons. The minimum atomic E-state index is 0.486. The summed E-state index contributed by atoms with van der Waals surface area (Å²) in [7, 11) is 0. The molecule has 3 heterocycles. The van der Waals surface area contributed by atoms with Crippen molar-refractivity contribution >= 4 is 112 Å². The van der Waals surface area contributed by atoms with Gasteiger partial charge in [0.25, 0.3) is 0 Å². The third-order valence-electron chi connectivity index (χ3n) is 11.5. The first-order valence-corrected chi connectivity index (χ1v) is 19.8. The summed E-state index contributed by atoms with van der Waals surface area (Å²) < 4.78 is 8.13. The lowest BCUT2D eigenvalue weighted by Gasteiger charge is -2.16. The van der Waals surface area contributed by atoms with Crippen LogP contribution < -0.4 is 0 Å². The molecule has 12 rings (SSSR count). The number of allylic oxidation sites excluding steroid dienone is 1. The van der Waals surface area contributed by atoms with Crippen LogP contribution in [0.15, 0.2) is 146 Å². The molecule has 11 aromatic rings. The van der Waals surface area contributed by atoms with E-state index in [-0.39, 0.29) is 0 Å². The second kappa shape index (κ2) is 10.6. The normalized spacial score (nSPS) is 14.7. The lowest BCUT2D eigenvalue weighted by molar-refractivity contribution is 0.718. The fourth-order valence-corrected chi connectivity index (χ4v) is 11.8. The van der Waals surface area contributed by atoms with Gasteiger partial charge in [0.1, 0.15) is 0 Å². The van der Waals surface area contributed by atoms with Gasteiger partial charge in [0.2, 0.25) is 0 Å². The maximum Gasteiger partial charge on any atom is 0.0723 e. The summed E-state index contributed by atoms with van der Waals surface area (Å²) in [5.74, 6) is 0.486. The van der Waals surface area contributed by atoms with Gasteiger partial charge in [-0.15, -0.1) is 22.7 Å². The Balaban J connectivity index is 1.18. The SMILES string of the molecule is CC1C=Cc2c(c3c4c5ccccc5sc4c4c5ccccc5sc4c3n2-c2cccc(-c3ccc4c5ccccc5c5ccccc5c4c3)c2)C1. The Bertz CT molecular complexity index is 3310. The number of hydrogen-bond donors (Lipinski definition) is 0. The van der Waals surface area contributed by atoms with Crippen LogP contribution in [0.4, 0.5) is 0 Å². The molecule has 0 aliphatic heterocycles. The van der Waals surface area contributed by atoms with Crippen LogP contribution in [0.1, 0.15) is 18.2 Å². The first kappa shape index (κ1) is 28.9. The van der Waals surface area contributed by atoms with Gasteiger partial charge in [0.05, 0.1) is 10.2 Å². The lowest BCUT2D eigenvalue weighted by Crippen LogP contribution is -2.05. The van der Waals surface area contributed by atoms with E-state index in [1.165, 1.54) is 112 Å². The van der Waals surface area contributed by atoms with Crippen molar-refractivity contribution in [1.82, 2.24) is 4.57 Å². The largest absolute Gasteiger partial charge is 0.308 e. The van der Waals surface area contributed by atoms with E-state index in [0.29, 0.717) is 5.92 Å². The zero-order valence-electron chi connectivity index (χ0n) is 28.5. The highest BCUT2D eigenvalue weighted by Gasteiger charge is 2.28. The quantitative estimate of drug-likeness (QED) is 0.159. The van der Waals surface area contributed by atoms with E-state index in [9.17, 15) is 0 Å². The fourth-order valence-electron chi connectivity index (χ4n) is 9.24. The predicted molar refractivity (Wildman–Crippen MR) is 229 cm³/mol. The first-order chi connectivity index (χ1) is 25.7. The number of fused-ring (bicyclic) bond motifs is 18. The minimum Gasteiger partial charge on any atom is -0.308 e. The standard InChI is InChI=1S/C49H31NS2/c1-28-21-24-41-40(25-28)44-45-37-17-6-8-19-42(37)51-48(45)46-38-18-7-9-20-43(38)52-49(46)47(44)50(41)31-12-10-11-29(26-31)30-22-23-36-34-15-3-2-13-32(34)33-14-4-5-16-35(33)39(36)27-30/h2-24,26-28H,25H2,1H3. The average Bonchev–Trinajstić information content (AvgIpc) is 3.87. The van der Waals surface area contributed by atoms with Crippen LogP contribution in [0, 0.1) is 5.92 Å². The van der Waals surface area contributed by atoms with Crippen LogP contribution in [0.3, 0.4) is 0 Å². The van der Waals surface area contributed by atoms with Gasteiger partial charge in [0, 0.05) is 52.4 Å². The van der Waals surface area contributed by atoms with Gasteiger partial charge in [-0.1, -0.05) is 122 Å². The molecule has 0 N–H and O–H groups in total. The molecule has 3 aromatic heterocycles. The highest BCUT2D eigenvalue weighted by molar-refractivity contribution is 7.30. The summed E-state index contributed by atoms with van der Waals surface area (Å²) in [6.07, 6.45) is 5.85. The molecular weight excluding hydrogens is 667 g/mol. The number of nitrogens with zero attached hydrogens (tertiary/aromatic N) is 1.